The molecule has 0 radical (unpaired) electrons. The summed E-state index contributed by atoms with van der Waals surface area (Å²) in [6.07, 6.45) is -1.27. The highest BCUT2D eigenvalue weighted by Gasteiger charge is 2.28. The number of aliphatic hydroxyl groups excluding tert-OH is 1. The lowest BCUT2D eigenvalue weighted by Crippen LogP contribution is -2.52. The summed E-state index contributed by atoms with van der Waals surface area (Å²) in [5, 5.41) is 13.1. The molecule has 0 bridgehead atoms. The molecule has 0 aliphatic carbocycles. The van der Waals surface area contributed by atoms with Crippen LogP contribution in [0.4, 0.5) is 4.79 Å². The van der Waals surface area contributed by atoms with Crippen LogP contribution in [0, 0.1) is 5.92 Å². The van der Waals surface area contributed by atoms with Crippen LogP contribution in [0.3, 0.4) is 0 Å². The largest absolute Gasteiger partial charge is 0.464 e. The molecule has 184 valence electrons. The maximum atomic E-state index is 13.1. The number of rotatable bonds is 12. The molecular weight excluding hydrogens is 436 g/mol. The van der Waals surface area contributed by atoms with E-state index >= 15 is 0 Å². The highest BCUT2D eigenvalue weighted by atomic mass is 16.5. The number of carbonyl (C=O) groups excluding carboxylic acids is 3. The fourth-order valence-corrected chi connectivity index (χ4v) is 3.32. The summed E-state index contributed by atoms with van der Waals surface area (Å²) in [4.78, 5) is 39.2. The number of nitrogens with one attached hydrogen (secondary N) is 1. The number of urea groups is 1. The Bertz CT molecular complexity index is 904. The normalized spacial score (nSPS) is 12.5. The first-order valence-electron chi connectivity index (χ1n) is 11.4. The van der Waals surface area contributed by atoms with Gasteiger partial charge in [-0.05, 0) is 24.0 Å². The van der Waals surface area contributed by atoms with Gasteiger partial charge in [-0.1, -0.05) is 74.5 Å². The summed E-state index contributed by atoms with van der Waals surface area (Å²) >= 11 is 0. The zero-order valence-corrected chi connectivity index (χ0v) is 20.0. The second-order valence-corrected chi connectivity index (χ2v) is 8.35. The van der Waals surface area contributed by atoms with Crippen molar-refractivity contribution >= 4 is 18.0 Å². The quantitative estimate of drug-likeness (QED) is 0.462. The molecule has 8 nitrogen and oxygen atoms in total. The molecular formula is C26H34N2O6. The lowest BCUT2D eigenvalue weighted by atomic mass is 10.1. The highest BCUT2D eigenvalue weighted by molar-refractivity contribution is 5.84. The number of esters is 2. The van der Waals surface area contributed by atoms with Crippen molar-refractivity contribution in [2.24, 2.45) is 5.92 Å². The molecule has 2 rings (SSSR count). The Morgan fingerprint density at radius 2 is 1.47 bits per heavy atom. The van der Waals surface area contributed by atoms with Crippen molar-refractivity contribution in [3.8, 4) is 0 Å². The minimum Gasteiger partial charge on any atom is -0.464 e. The van der Waals surface area contributed by atoms with E-state index in [2.05, 4.69) is 5.32 Å². The minimum atomic E-state index is -1.52. The van der Waals surface area contributed by atoms with Gasteiger partial charge in [-0.25, -0.2) is 14.4 Å². The second-order valence-electron chi connectivity index (χ2n) is 8.35. The van der Waals surface area contributed by atoms with Gasteiger partial charge in [0.1, 0.15) is 12.6 Å². The first-order chi connectivity index (χ1) is 16.3. The van der Waals surface area contributed by atoms with E-state index in [0.717, 1.165) is 11.1 Å². The van der Waals surface area contributed by atoms with Gasteiger partial charge in [-0.15, -0.1) is 0 Å². The number of nitrogens with zero attached hydrogens (tertiary/aromatic N) is 1. The third-order valence-corrected chi connectivity index (χ3v) is 4.91. The van der Waals surface area contributed by atoms with Crippen LogP contribution in [0.15, 0.2) is 60.7 Å². The van der Waals surface area contributed by atoms with Crippen molar-refractivity contribution < 1.29 is 29.0 Å². The molecule has 0 saturated heterocycles. The fourth-order valence-electron chi connectivity index (χ4n) is 3.32. The molecule has 0 aromatic heterocycles. The van der Waals surface area contributed by atoms with Gasteiger partial charge in [-0.2, -0.15) is 0 Å². The number of amides is 2. The Morgan fingerprint density at radius 1 is 0.882 bits per heavy atom. The van der Waals surface area contributed by atoms with Crippen LogP contribution >= 0.6 is 0 Å². The van der Waals surface area contributed by atoms with Crippen LogP contribution in [0.25, 0.3) is 0 Å². The van der Waals surface area contributed by atoms with Gasteiger partial charge in [0, 0.05) is 13.0 Å². The fraction of sp³-hybridized carbons (Fsp3) is 0.423. The van der Waals surface area contributed by atoms with E-state index in [9.17, 15) is 19.5 Å². The molecule has 2 N–H and O–H groups in total. The molecule has 8 heteroatoms. The average Bonchev–Trinajstić information content (AvgIpc) is 2.82. The molecule has 1 unspecified atom stereocenters. The standard InChI is InChI=1S/C26H34N2O6/c1-4-33-24(30)22(15-20-11-7-5-8-12-20)27-26(32)28(16-19(2)3)17-23(29)25(31)34-18-21-13-9-6-10-14-21/h5-14,19,22-23,29H,4,15-18H2,1-3H3,(H,27,32)/t22-,23?/m0/s1. The third-order valence-electron chi connectivity index (χ3n) is 4.91. The Kier molecular flexibility index (Phi) is 11.1. The van der Waals surface area contributed by atoms with Gasteiger partial charge in [-0.3, -0.25) is 0 Å². The molecule has 2 aromatic carbocycles. The Labute approximate surface area is 200 Å². The van der Waals surface area contributed by atoms with Gasteiger partial charge in [0.05, 0.1) is 13.2 Å². The first kappa shape index (κ1) is 26.9. The van der Waals surface area contributed by atoms with Crippen LogP contribution in [0.1, 0.15) is 31.9 Å². The van der Waals surface area contributed by atoms with E-state index < -0.39 is 30.1 Å². The highest BCUT2D eigenvalue weighted by Crippen LogP contribution is 2.09. The maximum absolute atomic E-state index is 13.1. The molecule has 2 amide bonds. The zero-order valence-electron chi connectivity index (χ0n) is 20.0. The van der Waals surface area contributed by atoms with E-state index in [1.54, 1.807) is 19.1 Å². The lowest BCUT2D eigenvalue weighted by Gasteiger charge is -2.28. The number of carbonyl (C=O) groups is 3. The summed E-state index contributed by atoms with van der Waals surface area (Å²) in [6.45, 7) is 5.73. The van der Waals surface area contributed by atoms with Crippen LogP contribution in [0.2, 0.25) is 0 Å². The molecule has 0 aliphatic heterocycles. The van der Waals surface area contributed by atoms with Crippen LogP contribution in [-0.2, 0) is 32.1 Å². The van der Waals surface area contributed by atoms with Gasteiger partial charge >= 0.3 is 18.0 Å². The van der Waals surface area contributed by atoms with Crippen molar-refractivity contribution in [1.29, 1.82) is 0 Å². The number of aliphatic hydroxyl groups is 1. The molecule has 0 fully saturated rings. The monoisotopic (exact) mass is 470 g/mol. The van der Waals surface area contributed by atoms with E-state index in [-0.39, 0.29) is 38.6 Å². The SMILES string of the molecule is CCOC(=O)[C@H](Cc1ccccc1)NC(=O)N(CC(C)C)CC(O)C(=O)OCc1ccccc1. The summed E-state index contributed by atoms with van der Waals surface area (Å²) in [5.74, 6) is -1.31. The summed E-state index contributed by atoms with van der Waals surface area (Å²) in [6, 6.07) is 16.9. The number of hydrogen-bond acceptors (Lipinski definition) is 6. The summed E-state index contributed by atoms with van der Waals surface area (Å²) in [5.41, 5.74) is 1.65. The predicted octanol–water partition coefficient (Wildman–Crippen LogP) is 2.93. The number of hydrogen-bond donors (Lipinski definition) is 2. The van der Waals surface area contributed by atoms with Crippen LogP contribution < -0.4 is 5.32 Å². The lowest BCUT2D eigenvalue weighted by molar-refractivity contribution is -0.155. The van der Waals surface area contributed by atoms with Crippen molar-refractivity contribution in [2.45, 2.75) is 45.9 Å². The van der Waals surface area contributed by atoms with E-state index in [1.165, 1.54) is 4.90 Å². The van der Waals surface area contributed by atoms with Crippen LogP contribution in [-0.4, -0.2) is 59.8 Å². The van der Waals surface area contributed by atoms with Gasteiger partial charge in [0.2, 0.25) is 0 Å². The topological polar surface area (TPSA) is 105 Å². The van der Waals surface area contributed by atoms with Crippen molar-refractivity contribution in [3.63, 3.8) is 0 Å². The number of benzene rings is 2. The molecule has 34 heavy (non-hydrogen) atoms. The van der Waals surface area contributed by atoms with Gasteiger partial charge < -0.3 is 24.8 Å². The van der Waals surface area contributed by atoms with Crippen molar-refractivity contribution in [2.75, 3.05) is 19.7 Å². The maximum Gasteiger partial charge on any atom is 0.337 e. The minimum absolute atomic E-state index is 0.0229. The summed E-state index contributed by atoms with van der Waals surface area (Å²) in [7, 11) is 0. The van der Waals surface area contributed by atoms with Crippen molar-refractivity contribution in [3.05, 3.63) is 71.8 Å². The Morgan fingerprint density at radius 3 is 2.03 bits per heavy atom. The van der Waals surface area contributed by atoms with E-state index in [0.29, 0.717) is 0 Å². The molecule has 0 spiro atoms. The molecule has 0 aliphatic rings. The van der Waals surface area contributed by atoms with E-state index in [1.807, 2.05) is 62.4 Å². The Balaban J connectivity index is 2.04. The molecule has 2 atom stereocenters. The zero-order chi connectivity index (χ0) is 24.9. The average molecular weight is 471 g/mol. The smallest absolute Gasteiger partial charge is 0.337 e. The first-order valence-corrected chi connectivity index (χ1v) is 11.4. The molecule has 2 aromatic rings. The van der Waals surface area contributed by atoms with E-state index in [4.69, 9.17) is 9.47 Å². The number of ether oxygens (including phenoxy) is 2. The van der Waals surface area contributed by atoms with Gasteiger partial charge in [0.15, 0.2) is 6.10 Å². The van der Waals surface area contributed by atoms with Crippen LogP contribution in [0.5, 0.6) is 0 Å². The molecule has 0 saturated carbocycles. The predicted molar refractivity (Wildman–Crippen MR) is 128 cm³/mol. The van der Waals surface area contributed by atoms with Crippen molar-refractivity contribution in [1.82, 2.24) is 10.2 Å². The summed E-state index contributed by atoms with van der Waals surface area (Å²) < 4.78 is 10.3. The molecule has 0 heterocycles. The van der Waals surface area contributed by atoms with Gasteiger partial charge in [0.25, 0.3) is 0 Å². The Hall–Kier alpha value is -3.39. The third kappa shape index (κ3) is 9.23. The second kappa shape index (κ2) is 14.0.